The number of aliphatic carboxylic acids is 1. The SMILES string of the molecule is CCC(C)(C)NC(=O)c1ccc(NC(=O)N2CCC(C(=O)O)CC2)cc1. The third-order valence-electron chi connectivity index (χ3n) is 4.87. The molecule has 7 heteroatoms. The van der Waals surface area contributed by atoms with E-state index >= 15 is 0 Å². The summed E-state index contributed by atoms with van der Waals surface area (Å²) in [7, 11) is 0. The van der Waals surface area contributed by atoms with Crippen LogP contribution in [0.3, 0.4) is 0 Å². The average molecular weight is 361 g/mol. The maximum atomic E-state index is 12.3. The molecule has 142 valence electrons. The Morgan fingerprint density at radius 1 is 1.15 bits per heavy atom. The number of hydrogen-bond donors (Lipinski definition) is 3. The molecule has 1 aromatic carbocycles. The summed E-state index contributed by atoms with van der Waals surface area (Å²) in [6, 6.07) is 6.48. The lowest BCUT2D eigenvalue weighted by Gasteiger charge is -2.30. The molecule has 26 heavy (non-hydrogen) atoms. The molecule has 3 N–H and O–H groups in total. The van der Waals surface area contributed by atoms with Crippen LogP contribution in [0.4, 0.5) is 10.5 Å². The van der Waals surface area contributed by atoms with E-state index in [1.54, 1.807) is 29.2 Å². The van der Waals surface area contributed by atoms with Gasteiger partial charge in [0.25, 0.3) is 5.91 Å². The predicted octanol–water partition coefficient (Wildman–Crippen LogP) is 2.93. The van der Waals surface area contributed by atoms with Crippen LogP contribution in [0.2, 0.25) is 0 Å². The van der Waals surface area contributed by atoms with Crippen molar-refractivity contribution in [2.45, 2.75) is 45.6 Å². The molecule has 0 bridgehead atoms. The number of nitrogens with zero attached hydrogens (tertiary/aromatic N) is 1. The molecule has 0 aromatic heterocycles. The van der Waals surface area contributed by atoms with Gasteiger partial charge in [-0.2, -0.15) is 0 Å². The second-order valence-corrected chi connectivity index (χ2v) is 7.30. The molecule has 0 atom stereocenters. The van der Waals surface area contributed by atoms with Crippen LogP contribution < -0.4 is 10.6 Å². The number of nitrogens with one attached hydrogen (secondary N) is 2. The summed E-state index contributed by atoms with van der Waals surface area (Å²) in [5.41, 5.74) is 0.861. The first kappa shape index (κ1) is 19.8. The van der Waals surface area contributed by atoms with Gasteiger partial charge in [-0.3, -0.25) is 9.59 Å². The molecule has 0 radical (unpaired) electrons. The molecule has 0 unspecified atom stereocenters. The van der Waals surface area contributed by atoms with Crippen LogP contribution in [-0.2, 0) is 4.79 Å². The number of benzene rings is 1. The van der Waals surface area contributed by atoms with E-state index < -0.39 is 5.97 Å². The fourth-order valence-electron chi connectivity index (χ4n) is 2.70. The molecule has 2 rings (SSSR count). The zero-order chi connectivity index (χ0) is 19.3. The Balaban J connectivity index is 1.90. The van der Waals surface area contributed by atoms with Crippen molar-refractivity contribution in [1.29, 1.82) is 0 Å². The van der Waals surface area contributed by atoms with Crippen molar-refractivity contribution < 1.29 is 19.5 Å². The third-order valence-corrected chi connectivity index (χ3v) is 4.87. The van der Waals surface area contributed by atoms with Crippen molar-refractivity contribution in [3.05, 3.63) is 29.8 Å². The Morgan fingerprint density at radius 2 is 1.73 bits per heavy atom. The zero-order valence-electron chi connectivity index (χ0n) is 15.5. The van der Waals surface area contributed by atoms with E-state index in [1.165, 1.54) is 0 Å². The molecule has 1 heterocycles. The Kier molecular flexibility index (Phi) is 6.23. The summed E-state index contributed by atoms with van der Waals surface area (Å²) in [5, 5.41) is 14.8. The van der Waals surface area contributed by atoms with Gasteiger partial charge < -0.3 is 20.6 Å². The molecule has 0 aliphatic carbocycles. The molecule has 1 aromatic rings. The van der Waals surface area contributed by atoms with Gasteiger partial charge in [-0.1, -0.05) is 6.92 Å². The number of hydrogen-bond acceptors (Lipinski definition) is 3. The summed E-state index contributed by atoms with van der Waals surface area (Å²) in [5.74, 6) is -1.32. The second kappa shape index (κ2) is 8.21. The number of rotatable bonds is 5. The number of carboxylic acid groups (broad SMARTS) is 1. The fourth-order valence-corrected chi connectivity index (χ4v) is 2.70. The number of anilines is 1. The first-order chi connectivity index (χ1) is 12.2. The maximum Gasteiger partial charge on any atom is 0.321 e. The third kappa shape index (κ3) is 5.21. The van der Waals surface area contributed by atoms with E-state index in [9.17, 15) is 14.4 Å². The van der Waals surface area contributed by atoms with Gasteiger partial charge in [0.05, 0.1) is 5.92 Å². The smallest absolute Gasteiger partial charge is 0.321 e. The van der Waals surface area contributed by atoms with Gasteiger partial charge in [0.15, 0.2) is 0 Å². The summed E-state index contributed by atoms with van der Waals surface area (Å²) < 4.78 is 0. The maximum absolute atomic E-state index is 12.3. The van der Waals surface area contributed by atoms with Crippen molar-refractivity contribution in [3.63, 3.8) is 0 Å². The van der Waals surface area contributed by atoms with Crippen LogP contribution in [-0.4, -0.2) is 46.5 Å². The number of likely N-dealkylation sites (tertiary alicyclic amines) is 1. The monoisotopic (exact) mass is 361 g/mol. The lowest BCUT2D eigenvalue weighted by atomic mass is 9.97. The van der Waals surface area contributed by atoms with Crippen LogP contribution in [0, 0.1) is 5.92 Å². The predicted molar refractivity (Wildman–Crippen MR) is 99.2 cm³/mol. The normalized spacial score (nSPS) is 15.4. The van der Waals surface area contributed by atoms with Crippen LogP contribution in [0.15, 0.2) is 24.3 Å². The van der Waals surface area contributed by atoms with Gasteiger partial charge in [-0.25, -0.2) is 4.79 Å². The standard InChI is InChI=1S/C19H27N3O4/c1-4-19(2,3)21-16(23)13-5-7-15(8-6-13)20-18(26)22-11-9-14(10-12-22)17(24)25/h5-8,14H,4,9-12H2,1-3H3,(H,20,26)(H,21,23)(H,24,25). The van der Waals surface area contributed by atoms with E-state index in [0.717, 1.165) is 6.42 Å². The van der Waals surface area contributed by atoms with Gasteiger partial charge in [0.1, 0.15) is 0 Å². The fraction of sp³-hybridized carbons (Fsp3) is 0.526. The summed E-state index contributed by atoms with van der Waals surface area (Å²) in [6.45, 7) is 6.79. The second-order valence-electron chi connectivity index (χ2n) is 7.30. The van der Waals surface area contributed by atoms with Crippen LogP contribution in [0.5, 0.6) is 0 Å². The summed E-state index contributed by atoms with van der Waals surface area (Å²) in [4.78, 5) is 37.1. The zero-order valence-corrected chi connectivity index (χ0v) is 15.5. The van der Waals surface area contributed by atoms with Crippen molar-refractivity contribution in [2.24, 2.45) is 5.92 Å². The van der Waals surface area contributed by atoms with E-state index in [-0.39, 0.29) is 23.4 Å². The number of amides is 3. The highest BCUT2D eigenvalue weighted by Gasteiger charge is 2.27. The average Bonchev–Trinajstić information content (AvgIpc) is 2.62. The van der Waals surface area contributed by atoms with Crippen LogP contribution >= 0.6 is 0 Å². The summed E-state index contributed by atoms with van der Waals surface area (Å²) in [6.07, 6.45) is 1.76. The molecule has 0 saturated carbocycles. The topological polar surface area (TPSA) is 98.7 Å². The quantitative estimate of drug-likeness (QED) is 0.751. The van der Waals surface area contributed by atoms with Gasteiger partial charge in [0.2, 0.25) is 0 Å². The first-order valence-electron chi connectivity index (χ1n) is 8.93. The summed E-state index contributed by atoms with van der Waals surface area (Å²) >= 11 is 0. The van der Waals surface area contributed by atoms with Crippen molar-refractivity contribution in [2.75, 3.05) is 18.4 Å². The highest BCUT2D eigenvalue weighted by molar-refractivity contribution is 5.96. The minimum atomic E-state index is -0.801. The minimum Gasteiger partial charge on any atom is -0.481 e. The van der Waals surface area contributed by atoms with Crippen molar-refractivity contribution in [3.8, 4) is 0 Å². The van der Waals surface area contributed by atoms with Gasteiger partial charge in [-0.15, -0.1) is 0 Å². The number of carboxylic acids is 1. The van der Waals surface area contributed by atoms with Crippen molar-refractivity contribution >= 4 is 23.6 Å². The molecule has 1 aliphatic heterocycles. The molecule has 1 aliphatic rings. The number of urea groups is 1. The Bertz CT molecular complexity index is 662. The Hall–Kier alpha value is -2.57. The number of piperidine rings is 1. The Morgan fingerprint density at radius 3 is 2.23 bits per heavy atom. The molecular weight excluding hydrogens is 334 g/mol. The molecule has 1 saturated heterocycles. The molecule has 3 amide bonds. The van der Waals surface area contributed by atoms with E-state index in [1.807, 2.05) is 20.8 Å². The first-order valence-corrected chi connectivity index (χ1v) is 8.93. The van der Waals surface area contributed by atoms with Crippen molar-refractivity contribution in [1.82, 2.24) is 10.2 Å². The van der Waals surface area contributed by atoms with E-state index in [2.05, 4.69) is 10.6 Å². The van der Waals surface area contributed by atoms with E-state index in [4.69, 9.17) is 5.11 Å². The van der Waals surface area contributed by atoms with Gasteiger partial charge in [-0.05, 0) is 57.4 Å². The molecule has 0 spiro atoms. The van der Waals surface area contributed by atoms with Crippen LogP contribution in [0.1, 0.15) is 50.4 Å². The minimum absolute atomic E-state index is 0.148. The highest BCUT2D eigenvalue weighted by Crippen LogP contribution is 2.19. The highest BCUT2D eigenvalue weighted by atomic mass is 16.4. The largest absolute Gasteiger partial charge is 0.481 e. The van der Waals surface area contributed by atoms with Gasteiger partial charge >= 0.3 is 12.0 Å². The lowest BCUT2D eigenvalue weighted by molar-refractivity contribution is -0.143. The Labute approximate surface area is 153 Å². The molecule has 7 nitrogen and oxygen atoms in total. The number of carbonyl (C=O) groups excluding carboxylic acids is 2. The van der Waals surface area contributed by atoms with Gasteiger partial charge in [0, 0.05) is 29.9 Å². The molecule has 1 fully saturated rings. The van der Waals surface area contributed by atoms with Crippen LogP contribution in [0.25, 0.3) is 0 Å². The molecular formula is C19H27N3O4. The number of carbonyl (C=O) groups is 3. The van der Waals surface area contributed by atoms with E-state index in [0.29, 0.717) is 37.2 Å². The lowest BCUT2D eigenvalue weighted by Crippen LogP contribution is -2.43.